The Balaban J connectivity index is 1.52. The standard InChI is InChI=1S/C27H28N4O4S2/c1-18-9-14-24-25(19(18)2)29-27(36-24)30(17-20-7-4-5-15-28-20)26(32)23-8-6-16-31(23)37(33,34)22-12-10-21(35-3)11-13-22/h4-5,7,9-15,23H,6,8,16-17H2,1-3H3. The Morgan fingerprint density at radius 1 is 1.14 bits per heavy atom. The molecule has 0 radical (unpaired) electrons. The van der Waals surface area contributed by atoms with Crippen LogP contribution < -0.4 is 9.64 Å². The van der Waals surface area contributed by atoms with Gasteiger partial charge in [-0.3, -0.25) is 14.7 Å². The van der Waals surface area contributed by atoms with Crippen LogP contribution in [0.25, 0.3) is 10.2 Å². The minimum atomic E-state index is -3.89. The largest absolute Gasteiger partial charge is 0.497 e. The first-order valence-corrected chi connectivity index (χ1v) is 14.3. The van der Waals surface area contributed by atoms with Gasteiger partial charge in [-0.15, -0.1) is 0 Å². The number of hydrogen-bond acceptors (Lipinski definition) is 7. The van der Waals surface area contributed by atoms with E-state index in [2.05, 4.69) is 4.98 Å². The number of ether oxygens (including phenoxy) is 1. The van der Waals surface area contributed by atoms with Gasteiger partial charge in [-0.2, -0.15) is 4.31 Å². The van der Waals surface area contributed by atoms with Gasteiger partial charge in [0.2, 0.25) is 15.9 Å². The third kappa shape index (κ3) is 4.84. The van der Waals surface area contributed by atoms with E-state index in [-0.39, 0.29) is 23.9 Å². The van der Waals surface area contributed by atoms with E-state index >= 15 is 0 Å². The van der Waals surface area contributed by atoms with Crippen LogP contribution in [0.2, 0.25) is 0 Å². The SMILES string of the molecule is COc1ccc(S(=O)(=O)N2CCCC2C(=O)N(Cc2ccccn2)c2nc3c(C)c(C)ccc3s2)cc1. The summed E-state index contributed by atoms with van der Waals surface area (Å²) >= 11 is 1.43. The van der Waals surface area contributed by atoms with E-state index in [0.717, 1.165) is 21.3 Å². The molecule has 1 fully saturated rings. The normalized spacial score (nSPS) is 16.2. The molecule has 5 rings (SSSR count). The number of methoxy groups -OCH3 is 1. The highest BCUT2D eigenvalue weighted by atomic mass is 32.2. The zero-order chi connectivity index (χ0) is 26.2. The smallest absolute Gasteiger partial charge is 0.247 e. The summed E-state index contributed by atoms with van der Waals surface area (Å²) in [6, 6.07) is 15.0. The Morgan fingerprint density at radius 2 is 1.92 bits per heavy atom. The fraction of sp³-hybridized carbons (Fsp3) is 0.296. The monoisotopic (exact) mass is 536 g/mol. The van der Waals surface area contributed by atoms with Gasteiger partial charge in [0, 0.05) is 12.7 Å². The fourth-order valence-corrected chi connectivity index (χ4v) is 7.24. The van der Waals surface area contributed by atoms with Crippen LogP contribution >= 0.6 is 11.3 Å². The molecule has 0 aliphatic carbocycles. The molecular formula is C27H28N4O4S2. The molecule has 8 nitrogen and oxygen atoms in total. The van der Waals surface area contributed by atoms with Crippen LogP contribution in [0, 0.1) is 13.8 Å². The van der Waals surface area contributed by atoms with Gasteiger partial charge in [0.1, 0.15) is 11.8 Å². The lowest BCUT2D eigenvalue weighted by Gasteiger charge is -2.28. The number of nitrogens with zero attached hydrogens (tertiary/aromatic N) is 4. The maximum atomic E-state index is 14.1. The molecule has 2 aromatic heterocycles. The zero-order valence-electron chi connectivity index (χ0n) is 20.9. The van der Waals surface area contributed by atoms with Crippen LogP contribution in [0.15, 0.2) is 65.7 Å². The first-order chi connectivity index (χ1) is 17.8. The first-order valence-electron chi connectivity index (χ1n) is 12.0. The van der Waals surface area contributed by atoms with Crippen LogP contribution in [-0.4, -0.2) is 48.3 Å². The highest BCUT2D eigenvalue weighted by Crippen LogP contribution is 2.35. The van der Waals surface area contributed by atoms with Gasteiger partial charge in [-0.05, 0) is 80.3 Å². The highest BCUT2D eigenvalue weighted by Gasteiger charge is 2.42. The predicted molar refractivity (Wildman–Crippen MR) is 144 cm³/mol. The summed E-state index contributed by atoms with van der Waals surface area (Å²) in [7, 11) is -2.36. The van der Waals surface area contributed by atoms with Gasteiger partial charge >= 0.3 is 0 Å². The number of carbonyl (C=O) groups is 1. The lowest BCUT2D eigenvalue weighted by molar-refractivity contribution is -0.121. The Bertz CT molecular complexity index is 1540. The minimum Gasteiger partial charge on any atom is -0.497 e. The number of rotatable bonds is 7. The molecule has 192 valence electrons. The van der Waals surface area contributed by atoms with Crippen molar-refractivity contribution in [2.75, 3.05) is 18.6 Å². The van der Waals surface area contributed by atoms with E-state index in [0.29, 0.717) is 29.4 Å². The second-order valence-corrected chi connectivity index (χ2v) is 11.9. The van der Waals surface area contributed by atoms with Crippen LogP contribution in [-0.2, 0) is 21.4 Å². The van der Waals surface area contributed by atoms with Crippen LogP contribution in [0.1, 0.15) is 29.7 Å². The van der Waals surface area contributed by atoms with E-state index in [9.17, 15) is 13.2 Å². The van der Waals surface area contributed by atoms with E-state index in [1.54, 1.807) is 23.2 Å². The molecule has 37 heavy (non-hydrogen) atoms. The summed E-state index contributed by atoms with van der Waals surface area (Å²) in [4.78, 5) is 25.1. The number of benzene rings is 2. The van der Waals surface area contributed by atoms with Gasteiger partial charge < -0.3 is 4.74 Å². The molecule has 0 spiro atoms. The summed E-state index contributed by atoms with van der Waals surface area (Å²) in [6.07, 6.45) is 2.72. The number of amides is 1. The van der Waals surface area contributed by atoms with Crippen LogP contribution in [0.3, 0.4) is 0 Å². The number of carbonyl (C=O) groups excluding carboxylic acids is 1. The Kier molecular flexibility index (Phi) is 6.98. The summed E-state index contributed by atoms with van der Waals surface area (Å²) in [5, 5.41) is 0.535. The molecule has 1 aliphatic rings. The average Bonchev–Trinajstić information content (AvgIpc) is 3.58. The van der Waals surface area contributed by atoms with Crippen molar-refractivity contribution in [3.8, 4) is 5.75 Å². The highest BCUT2D eigenvalue weighted by molar-refractivity contribution is 7.89. The second kappa shape index (κ2) is 10.2. The summed E-state index contributed by atoms with van der Waals surface area (Å²) in [5.41, 5.74) is 3.74. The van der Waals surface area contributed by atoms with Crippen molar-refractivity contribution in [3.05, 3.63) is 77.6 Å². The number of pyridine rings is 1. The molecule has 10 heteroatoms. The van der Waals surface area contributed by atoms with Gasteiger partial charge in [0.25, 0.3) is 0 Å². The molecule has 4 aromatic rings. The summed E-state index contributed by atoms with van der Waals surface area (Å²) in [5.74, 6) is 0.268. The van der Waals surface area contributed by atoms with E-state index in [1.807, 2.05) is 44.2 Å². The third-order valence-electron chi connectivity index (χ3n) is 6.77. The average molecular weight is 537 g/mol. The van der Waals surface area contributed by atoms with Gasteiger partial charge in [0.05, 0.1) is 34.5 Å². The minimum absolute atomic E-state index is 0.135. The lowest BCUT2D eigenvalue weighted by Crippen LogP contribution is -2.47. The van der Waals surface area contributed by atoms with Crippen molar-refractivity contribution < 1.29 is 17.9 Å². The number of hydrogen-bond donors (Lipinski definition) is 0. The molecule has 1 amide bonds. The fourth-order valence-electron chi connectivity index (χ4n) is 4.56. The van der Waals surface area contributed by atoms with Crippen molar-refractivity contribution in [2.24, 2.45) is 0 Å². The quantitative estimate of drug-likeness (QED) is 0.340. The molecule has 2 aromatic carbocycles. The summed E-state index contributed by atoms with van der Waals surface area (Å²) < 4.78 is 34.6. The molecule has 0 saturated carbocycles. The van der Waals surface area contributed by atoms with Crippen molar-refractivity contribution in [1.29, 1.82) is 0 Å². The first kappa shape index (κ1) is 25.3. The number of thiazole rings is 1. The lowest BCUT2D eigenvalue weighted by atomic mass is 10.1. The number of sulfonamides is 1. The van der Waals surface area contributed by atoms with E-state index in [4.69, 9.17) is 9.72 Å². The van der Waals surface area contributed by atoms with Gasteiger partial charge in [-0.1, -0.05) is 23.5 Å². The maximum Gasteiger partial charge on any atom is 0.247 e. The van der Waals surface area contributed by atoms with E-state index in [1.165, 1.54) is 34.9 Å². The van der Waals surface area contributed by atoms with Crippen LogP contribution in [0.4, 0.5) is 5.13 Å². The Morgan fingerprint density at radius 3 is 2.62 bits per heavy atom. The topological polar surface area (TPSA) is 92.7 Å². The number of aryl methyl sites for hydroxylation is 2. The second-order valence-electron chi connectivity index (χ2n) is 9.05. The maximum absolute atomic E-state index is 14.1. The van der Waals surface area contributed by atoms with Crippen molar-refractivity contribution in [2.45, 2.75) is 44.2 Å². The number of fused-ring (bicyclic) bond motifs is 1. The molecule has 0 bridgehead atoms. The third-order valence-corrected chi connectivity index (χ3v) is 9.74. The number of anilines is 1. The molecule has 1 saturated heterocycles. The molecular weight excluding hydrogens is 508 g/mol. The van der Waals surface area contributed by atoms with Crippen molar-refractivity contribution >= 4 is 42.6 Å². The summed E-state index contributed by atoms with van der Waals surface area (Å²) in [6.45, 7) is 4.53. The van der Waals surface area contributed by atoms with Gasteiger partial charge in [-0.25, -0.2) is 13.4 Å². The van der Waals surface area contributed by atoms with Crippen molar-refractivity contribution in [1.82, 2.24) is 14.3 Å². The molecule has 1 atom stereocenters. The van der Waals surface area contributed by atoms with E-state index < -0.39 is 16.1 Å². The molecule has 1 aliphatic heterocycles. The predicted octanol–water partition coefficient (Wildman–Crippen LogP) is 4.70. The molecule has 1 unspecified atom stereocenters. The molecule has 0 N–H and O–H groups in total. The zero-order valence-corrected chi connectivity index (χ0v) is 22.6. The van der Waals surface area contributed by atoms with Gasteiger partial charge in [0.15, 0.2) is 5.13 Å². The Hall–Kier alpha value is -3.34. The molecule has 3 heterocycles. The van der Waals surface area contributed by atoms with Crippen molar-refractivity contribution in [3.63, 3.8) is 0 Å². The van der Waals surface area contributed by atoms with Crippen LogP contribution in [0.5, 0.6) is 5.75 Å². The Labute approximate surface area is 220 Å². The number of aromatic nitrogens is 2.